The van der Waals surface area contributed by atoms with Crippen molar-refractivity contribution in [3.63, 3.8) is 0 Å². The molecule has 5 nitrogen and oxygen atoms in total. The Bertz CT molecular complexity index is 1030. The zero-order valence-electron chi connectivity index (χ0n) is 13.9. The maximum Gasteiger partial charge on any atom is 0.147 e. The van der Waals surface area contributed by atoms with Gasteiger partial charge in [-0.2, -0.15) is 0 Å². The Labute approximate surface area is 150 Å². The number of anilines is 1. The third-order valence-electron chi connectivity index (χ3n) is 4.27. The Kier molecular flexibility index (Phi) is 4.11. The maximum absolute atomic E-state index is 10.8. The number of aromatic hydroxyl groups is 2. The number of fused-ring (bicyclic) bond motifs is 1. The highest BCUT2D eigenvalue weighted by atomic mass is 16.3. The number of pyridine rings is 2. The number of phenols is 2. The van der Waals surface area contributed by atoms with Gasteiger partial charge in [-0.15, -0.1) is 0 Å². The first kappa shape index (κ1) is 15.9. The smallest absolute Gasteiger partial charge is 0.147 e. The number of benzene rings is 2. The van der Waals surface area contributed by atoms with Crippen molar-refractivity contribution in [3.8, 4) is 11.5 Å². The molecule has 0 radical (unpaired) electrons. The number of rotatable bonds is 4. The van der Waals surface area contributed by atoms with E-state index in [1.165, 1.54) is 0 Å². The third kappa shape index (κ3) is 3.02. The van der Waals surface area contributed by atoms with Crippen LogP contribution >= 0.6 is 0 Å². The molecule has 3 N–H and O–H groups in total. The first-order valence-electron chi connectivity index (χ1n) is 8.25. The molecule has 0 aliphatic heterocycles. The van der Waals surface area contributed by atoms with Crippen LogP contribution < -0.4 is 5.32 Å². The van der Waals surface area contributed by atoms with E-state index in [1.54, 1.807) is 24.5 Å². The normalized spacial score (nSPS) is 12.0. The molecule has 0 amide bonds. The predicted molar refractivity (Wildman–Crippen MR) is 101 cm³/mol. The number of nitrogens with one attached hydrogen (secondary N) is 1. The summed E-state index contributed by atoms with van der Waals surface area (Å²) < 4.78 is 0. The van der Waals surface area contributed by atoms with E-state index in [0.717, 1.165) is 10.9 Å². The van der Waals surface area contributed by atoms with Crippen LogP contribution in [0.5, 0.6) is 11.5 Å². The van der Waals surface area contributed by atoms with Crippen LogP contribution in [0, 0.1) is 0 Å². The van der Waals surface area contributed by atoms with Gasteiger partial charge in [-0.1, -0.05) is 36.4 Å². The van der Waals surface area contributed by atoms with Crippen molar-refractivity contribution in [2.45, 2.75) is 6.04 Å². The molecule has 0 aliphatic rings. The molecular formula is C21H17N3O2. The summed E-state index contributed by atoms with van der Waals surface area (Å²) in [7, 11) is 0. The molecule has 0 aliphatic carbocycles. The van der Waals surface area contributed by atoms with E-state index in [-0.39, 0.29) is 17.5 Å². The number of phenolic OH excluding ortho intramolecular Hbond substituents is 2. The van der Waals surface area contributed by atoms with Crippen molar-refractivity contribution in [2.24, 2.45) is 0 Å². The van der Waals surface area contributed by atoms with Gasteiger partial charge in [0.25, 0.3) is 0 Å². The number of nitrogens with zero attached hydrogens (tertiary/aromatic N) is 2. The highest BCUT2D eigenvalue weighted by Gasteiger charge is 2.20. The van der Waals surface area contributed by atoms with Gasteiger partial charge in [-0.05, 0) is 35.9 Å². The Hall–Kier alpha value is -3.60. The van der Waals surface area contributed by atoms with E-state index in [9.17, 15) is 10.2 Å². The van der Waals surface area contributed by atoms with Crippen molar-refractivity contribution in [3.05, 3.63) is 90.3 Å². The summed E-state index contributed by atoms with van der Waals surface area (Å²) in [4.78, 5) is 8.63. The summed E-state index contributed by atoms with van der Waals surface area (Å²) in [6.45, 7) is 0. The van der Waals surface area contributed by atoms with Crippen LogP contribution in [0.15, 0.2) is 79.1 Å². The average molecular weight is 343 g/mol. The van der Waals surface area contributed by atoms with E-state index in [1.807, 2.05) is 54.6 Å². The predicted octanol–water partition coefficient (Wildman–Crippen LogP) is 4.24. The lowest BCUT2D eigenvalue weighted by molar-refractivity contribution is 0.471. The van der Waals surface area contributed by atoms with Gasteiger partial charge >= 0.3 is 0 Å². The number of hydrogen-bond donors (Lipinski definition) is 3. The first-order chi connectivity index (χ1) is 12.7. The van der Waals surface area contributed by atoms with Crippen molar-refractivity contribution < 1.29 is 10.2 Å². The lowest BCUT2D eigenvalue weighted by atomic mass is 9.96. The van der Waals surface area contributed by atoms with Gasteiger partial charge in [0.2, 0.25) is 0 Å². The average Bonchev–Trinajstić information content (AvgIpc) is 2.69. The van der Waals surface area contributed by atoms with Gasteiger partial charge in [0.1, 0.15) is 22.8 Å². The van der Waals surface area contributed by atoms with Crippen molar-refractivity contribution in [2.75, 3.05) is 5.32 Å². The monoisotopic (exact) mass is 343 g/mol. The van der Waals surface area contributed by atoms with E-state index in [0.29, 0.717) is 16.9 Å². The lowest BCUT2D eigenvalue weighted by Gasteiger charge is -2.22. The second kappa shape index (κ2) is 6.72. The molecule has 0 spiro atoms. The van der Waals surface area contributed by atoms with Crippen LogP contribution in [0.4, 0.5) is 5.82 Å². The number of hydrogen-bond acceptors (Lipinski definition) is 5. The van der Waals surface area contributed by atoms with Crippen molar-refractivity contribution in [1.29, 1.82) is 0 Å². The molecule has 2 aromatic heterocycles. The minimum atomic E-state index is -0.350. The van der Waals surface area contributed by atoms with Crippen LogP contribution in [0.2, 0.25) is 0 Å². The Morgan fingerprint density at radius 1 is 0.769 bits per heavy atom. The molecule has 1 atom stereocenters. The Morgan fingerprint density at radius 3 is 2.35 bits per heavy atom. The summed E-state index contributed by atoms with van der Waals surface area (Å²) in [6.07, 6.45) is 3.37. The Morgan fingerprint density at radius 2 is 1.58 bits per heavy atom. The minimum Gasteiger partial charge on any atom is -0.508 e. The van der Waals surface area contributed by atoms with Crippen LogP contribution in [-0.4, -0.2) is 20.2 Å². The van der Waals surface area contributed by atoms with E-state index in [2.05, 4.69) is 15.3 Å². The highest BCUT2D eigenvalue weighted by molar-refractivity contribution is 5.86. The van der Waals surface area contributed by atoms with Crippen molar-refractivity contribution in [1.82, 2.24) is 9.97 Å². The summed E-state index contributed by atoms with van der Waals surface area (Å²) in [5.41, 5.74) is 2.13. The summed E-state index contributed by atoms with van der Waals surface area (Å²) >= 11 is 0. The first-order valence-corrected chi connectivity index (χ1v) is 8.25. The molecule has 4 aromatic rings. The summed E-state index contributed by atoms with van der Waals surface area (Å²) in [5.74, 6) is 1.01. The lowest BCUT2D eigenvalue weighted by Crippen LogP contribution is -2.13. The Balaban J connectivity index is 1.84. The fourth-order valence-corrected chi connectivity index (χ4v) is 2.98. The zero-order chi connectivity index (χ0) is 17.9. The van der Waals surface area contributed by atoms with Gasteiger partial charge in [-0.3, -0.25) is 4.98 Å². The van der Waals surface area contributed by atoms with Crippen LogP contribution in [0.25, 0.3) is 10.9 Å². The quantitative estimate of drug-likeness (QED) is 0.516. The topological polar surface area (TPSA) is 78.3 Å². The largest absolute Gasteiger partial charge is 0.508 e. The fourth-order valence-electron chi connectivity index (χ4n) is 2.98. The zero-order valence-corrected chi connectivity index (χ0v) is 13.9. The van der Waals surface area contributed by atoms with Crippen LogP contribution in [-0.2, 0) is 0 Å². The third-order valence-corrected chi connectivity index (χ3v) is 4.27. The van der Waals surface area contributed by atoms with Gasteiger partial charge in [0, 0.05) is 23.3 Å². The SMILES string of the molecule is Oc1ccc(C(Nc2ccccn2)c2ccc3cccnc3c2O)cc1. The van der Waals surface area contributed by atoms with Gasteiger partial charge in [0.05, 0.1) is 6.04 Å². The molecule has 26 heavy (non-hydrogen) atoms. The van der Waals surface area contributed by atoms with Crippen LogP contribution in [0.3, 0.4) is 0 Å². The summed E-state index contributed by atoms with van der Waals surface area (Å²) in [6, 6.07) is 19.7. The van der Waals surface area contributed by atoms with Gasteiger partial charge < -0.3 is 15.5 Å². The second-order valence-corrected chi connectivity index (χ2v) is 5.96. The maximum atomic E-state index is 10.8. The fraction of sp³-hybridized carbons (Fsp3) is 0.0476. The molecular weight excluding hydrogens is 326 g/mol. The molecule has 2 heterocycles. The summed E-state index contributed by atoms with van der Waals surface area (Å²) in [5, 5.41) is 24.7. The molecule has 0 saturated heterocycles. The molecule has 5 heteroatoms. The van der Waals surface area contributed by atoms with E-state index < -0.39 is 0 Å². The molecule has 2 aromatic carbocycles. The molecule has 4 rings (SSSR count). The highest BCUT2D eigenvalue weighted by Crippen LogP contribution is 2.36. The minimum absolute atomic E-state index is 0.129. The molecule has 0 bridgehead atoms. The van der Waals surface area contributed by atoms with E-state index >= 15 is 0 Å². The molecule has 1 unspecified atom stereocenters. The second-order valence-electron chi connectivity index (χ2n) is 5.96. The van der Waals surface area contributed by atoms with Crippen molar-refractivity contribution >= 4 is 16.7 Å². The molecule has 0 saturated carbocycles. The van der Waals surface area contributed by atoms with Crippen LogP contribution in [0.1, 0.15) is 17.2 Å². The standard InChI is InChI=1S/C21H17N3O2/c25-16-9-6-15(7-10-16)19(24-18-5-1-2-12-22-18)17-11-8-14-4-3-13-23-20(14)21(17)26/h1-13,19,25-26H,(H,22,24). The molecule has 0 fully saturated rings. The van der Waals surface area contributed by atoms with E-state index in [4.69, 9.17) is 0 Å². The van der Waals surface area contributed by atoms with Gasteiger partial charge in [-0.25, -0.2) is 4.98 Å². The van der Waals surface area contributed by atoms with Gasteiger partial charge in [0.15, 0.2) is 0 Å². The molecule has 128 valence electrons. The number of aromatic nitrogens is 2.